The Bertz CT molecular complexity index is 832. The topological polar surface area (TPSA) is 110 Å². The molecule has 1 aromatic heterocycles. The van der Waals surface area contributed by atoms with Crippen LogP contribution in [0.1, 0.15) is 18.4 Å². The van der Waals surface area contributed by atoms with Crippen LogP contribution >= 0.6 is 0 Å². The predicted octanol–water partition coefficient (Wildman–Crippen LogP) is 2.83. The van der Waals surface area contributed by atoms with Crippen LogP contribution in [-0.2, 0) is 9.53 Å². The van der Waals surface area contributed by atoms with Crippen LogP contribution in [0.25, 0.3) is 0 Å². The Kier molecular flexibility index (Phi) is 5.49. The molecule has 0 spiro atoms. The molecule has 1 aromatic carbocycles. The molecule has 9 nitrogen and oxygen atoms in total. The highest BCUT2D eigenvalue weighted by Crippen LogP contribution is 2.35. The number of nitrogens with zero attached hydrogens (tertiary/aromatic N) is 4. The number of piperidine rings is 1. The van der Waals surface area contributed by atoms with E-state index in [4.69, 9.17) is 4.74 Å². The number of hydrogen-bond donors (Lipinski definition) is 1. The molecule has 2 aromatic rings. The van der Waals surface area contributed by atoms with Crippen molar-refractivity contribution in [2.45, 2.75) is 19.8 Å². The lowest BCUT2D eigenvalue weighted by Crippen LogP contribution is -2.37. The Morgan fingerprint density at radius 1 is 1.26 bits per heavy atom. The second-order valence-electron chi connectivity index (χ2n) is 6.43. The van der Waals surface area contributed by atoms with E-state index < -0.39 is 4.92 Å². The van der Waals surface area contributed by atoms with Crippen molar-refractivity contribution >= 4 is 29.0 Å². The fourth-order valence-electron chi connectivity index (χ4n) is 3.13. The molecule has 1 aliphatic heterocycles. The first-order valence-corrected chi connectivity index (χ1v) is 8.65. The third-order valence-electron chi connectivity index (χ3n) is 4.63. The molecular formula is C18H21N5O4. The molecule has 2 heterocycles. The molecule has 142 valence electrons. The van der Waals surface area contributed by atoms with Crippen LogP contribution in [0.2, 0.25) is 0 Å². The Balaban J connectivity index is 1.85. The molecule has 0 radical (unpaired) electrons. The van der Waals surface area contributed by atoms with Gasteiger partial charge in [0, 0.05) is 18.8 Å². The summed E-state index contributed by atoms with van der Waals surface area (Å²) in [6.45, 7) is 2.94. The number of anilines is 3. The summed E-state index contributed by atoms with van der Waals surface area (Å²) in [6, 6.07) is 7.49. The van der Waals surface area contributed by atoms with E-state index in [0.29, 0.717) is 31.6 Å². The van der Waals surface area contributed by atoms with E-state index in [9.17, 15) is 14.9 Å². The first-order valence-electron chi connectivity index (χ1n) is 8.65. The molecule has 1 saturated heterocycles. The number of aryl methyl sites for hydroxylation is 1. The fraction of sp³-hybridized carbons (Fsp3) is 0.389. The van der Waals surface area contributed by atoms with Gasteiger partial charge in [-0.15, -0.1) is 0 Å². The van der Waals surface area contributed by atoms with Crippen molar-refractivity contribution < 1.29 is 14.5 Å². The summed E-state index contributed by atoms with van der Waals surface area (Å²) in [5.74, 6) is -0.0252. The van der Waals surface area contributed by atoms with E-state index in [1.54, 1.807) is 0 Å². The van der Waals surface area contributed by atoms with Crippen molar-refractivity contribution in [1.29, 1.82) is 0 Å². The van der Waals surface area contributed by atoms with Gasteiger partial charge in [0.1, 0.15) is 6.33 Å². The number of nitro groups is 1. The van der Waals surface area contributed by atoms with Crippen molar-refractivity contribution in [3.8, 4) is 0 Å². The minimum atomic E-state index is -0.474. The van der Waals surface area contributed by atoms with Gasteiger partial charge in [-0.2, -0.15) is 0 Å². The molecule has 0 saturated carbocycles. The molecular weight excluding hydrogens is 350 g/mol. The van der Waals surface area contributed by atoms with Crippen LogP contribution in [0.15, 0.2) is 30.6 Å². The fourth-order valence-corrected chi connectivity index (χ4v) is 3.13. The largest absolute Gasteiger partial charge is 0.469 e. The first-order chi connectivity index (χ1) is 13.0. The summed E-state index contributed by atoms with van der Waals surface area (Å²) in [5, 5.41) is 14.7. The molecule has 27 heavy (non-hydrogen) atoms. The van der Waals surface area contributed by atoms with E-state index in [0.717, 1.165) is 5.56 Å². The Morgan fingerprint density at radius 2 is 1.93 bits per heavy atom. The first kappa shape index (κ1) is 18.6. The van der Waals surface area contributed by atoms with Crippen molar-refractivity contribution in [3.05, 3.63) is 46.3 Å². The van der Waals surface area contributed by atoms with E-state index in [1.807, 2.05) is 36.1 Å². The quantitative estimate of drug-likeness (QED) is 0.485. The maximum Gasteiger partial charge on any atom is 0.353 e. The number of benzene rings is 1. The Labute approximate surface area is 156 Å². The van der Waals surface area contributed by atoms with Gasteiger partial charge in [0.2, 0.25) is 11.6 Å². The molecule has 3 rings (SSSR count). The van der Waals surface area contributed by atoms with Crippen molar-refractivity contribution in [1.82, 2.24) is 9.97 Å². The number of ether oxygens (including phenoxy) is 1. The lowest BCUT2D eigenvalue weighted by molar-refractivity contribution is -0.383. The number of nitrogens with one attached hydrogen (secondary N) is 1. The molecule has 0 unspecified atom stereocenters. The number of esters is 1. The number of hydrogen-bond acceptors (Lipinski definition) is 8. The summed E-state index contributed by atoms with van der Waals surface area (Å²) in [5.41, 5.74) is 1.62. The van der Waals surface area contributed by atoms with Crippen LogP contribution in [-0.4, -0.2) is 41.1 Å². The van der Waals surface area contributed by atoms with Gasteiger partial charge < -0.3 is 15.0 Å². The van der Waals surface area contributed by atoms with Gasteiger partial charge in [0.15, 0.2) is 0 Å². The van der Waals surface area contributed by atoms with Gasteiger partial charge in [-0.3, -0.25) is 14.9 Å². The van der Waals surface area contributed by atoms with E-state index in [1.165, 1.54) is 13.4 Å². The lowest BCUT2D eigenvalue weighted by atomic mass is 9.97. The summed E-state index contributed by atoms with van der Waals surface area (Å²) >= 11 is 0. The summed E-state index contributed by atoms with van der Waals surface area (Å²) in [6.07, 6.45) is 2.44. The van der Waals surface area contributed by atoms with Crippen LogP contribution in [0.5, 0.6) is 0 Å². The zero-order valence-corrected chi connectivity index (χ0v) is 15.2. The third kappa shape index (κ3) is 4.13. The minimum Gasteiger partial charge on any atom is -0.469 e. The normalized spacial score (nSPS) is 14.7. The van der Waals surface area contributed by atoms with Crippen molar-refractivity contribution in [2.24, 2.45) is 5.92 Å². The maximum atomic E-state index is 11.7. The van der Waals surface area contributed by atoms with Gasteiger partial charge >= 0.3 is 11.7 Å². The highest BCUT2D eigenvalue weighted by Gasteiger charge is 2.32. The minimum absolute atomic E-state index is 0.143. The summed E-state index contributed by atoms with van der Waals surface area (Å²) < 4.78 is 4.79. The van der Waals surface area contributed by atoms with Crippen LogP contribution in [0.3, 0.4) is 0 Å². The number of aromatic nitrogens is 2. The monoisotopic (exact) mass is 371 g/mol. The highest BCUT2D eigenvalue weighted by molar-refractivity contribution is 5.75. The number of carbonyl (C=O) groups excluding carboxylic acids is 1. The molecule has 0 atom stereocenters. The van der Waals surface area contributed by atoms with Crippen LogP contribution in [0, 0.1) is 23.0 Å². The molecule has 0 bridgehead atoms. The average molecular weight is 371 g/mol. The van der Waals surface area contributed by atoms with E-state index in [2.05, 4.69) is 15.3 Å². The zero-order chi connectivity index (χ0) is 19.4. The van der Waals surface area contributed by atoms with E-state index >= 15 is 0 Å². The SMILES string of the molecule is COC(=O)C1CCN(c2ncnc(Nc3ccc(C)cc3)c2[N+](=O)[O-])CC1. The Hall–Kier alpha value is -3.23. The van der Waals surface area contributed by atoms with Gasteiger partial charge in [-0.25, -0.2) is 9.97 Å². The maximum absolute atomic E-state index is 11.7. The van der Waals surface area contributed by atoms with Crippen molar-refractivity contribution in [2.75, 3.05) is 30.4 Å². The zero-order valence-electron chi connectivity index (χ0n) is 15.2. The molecule has 0 aliphatic carbocycles. The average Bonchev–Trinajstić information content (AvgIpc) is 2.69. The molecule has 1 fully saturated rings. The smallest absolute Gasteiger partial charge is 0.353 e. The van der Waals surface area contributed by atoms with Gasteiger partial charge in [-0.1, -0.05) is 17.7 Å². The molecule has 1 aliphatic rings. The molecule has 9 heteroatoms. The number of carbonyl (C=O) groups is 1. The third-order valence-corrected chi connectivity index (χ3v) is 4.63. The number of rotatable bonds is 5. The lowest BCUT2D eigenvalue weighted by Gasteiger charge is -2.31. The predicted molar refractivity (Wildman–Crippen MR) is 100 cm³/mol. The molecule has 0 amide bonds. The van der Waals surface area contributed by atoms with Crippen molar-refractivity contribution in [3.63, 3.8) is 0 Å². The summed E-state index contributed by atoms with van der Waals surface area (Å²) in [4.78, 5) is 33.0. The second kappa shape index (κ2) is 7.98. The van der Waals surface area contributed by atoms with Gasteiger partial charge in [0.25, 0.3) is 0 Å². The van der Waals surface area contributed by atoms with Gasteiger partial charge in [0.05, 0.1) is 18.0 Å². The van der Waals surface area contributed by atoms with E-state index in [-0.39, 0.29) is 29.2 Å². The van der Waals surface area contributed by atoms with Crippen LogP contribution in [0.4, 0.5) is 23.0 Å². The number of methoxy groups -OCH3 is 1. The standard InChI is InChI=1S/C18H21N5O4/c1-12-3-5-14(6-4-12)21-16-15(23(25)26)17(20-11-19-16)22-9-7-13(8-10-22)18(24)27-2/h3-6,11,13H,7-10H2,1-2H3,(H,19,20,21). The Morgan fingerprint density at radius 3 is 2.52 bits per heavy atom. The van der Waals surface area contributed by atoms with Gasteiger partial charge in [-0.05, 0) is 31.9 Å². The molecule has 1 N–H and O–H groups in total. The second-order valence-corrected chi connectivity index (χ2v) is 6.43. The van der Waals surface area contributed by atoms with Crippen LogP contribution < -0.4 is 10.2 Å². The highest BCUT2D eigenvalue weighted by atomic mass is 16.6. The summed E-state index contributed by atoms with van der Waals surface area (Å²) in [7, 11) is 1.37.